The van der Waals surface area contributed by atoms with Crippen LogP contribution in [0.5, 0.6) is 0 Å². The first-order valence-corrected chi connectivity index (χ1v) is 6.76. The number of hydrogen-bond donors (Lipinski definition) is 2. The number of carbonyl (C=O) groups excluding carboxylic acids is 1. The molecule has 0 spiro atoms. The van der Waals surface area contributed by atoms with Gasteiger partial charge in [-0.05, 0) is 18.4 Å². The van der Waals surface area contributed by atoms with Gasteiger partial charge in [0.05, 0.1) is 6.61 Å². The molecule has 0 saturated heterocycles. The largest absolute Gasteiger partial charge is 0.383 e. The fraction of sp³-hybridized carbons (Fsp3) is 0.533. The highest BCUT2D eigenvalue weighted by Crippen LogP contribution is 2.43. The van der Waals surface area contributed by atoms with Crippen LogP contribution in [0.1, 0.15) is 24.8 Å². The lowest BCUT2D eigenvalue weighted by Gasteiger charge is -2.42. The quantitative estimate of drug-likeness (QED) is 0.809. The van der Waals surface area contributed by atoms with Gasteiger partial charge < -0.3 is 15.8 Å². The molecule has 1 unspecified atom stereocenters. The second-order valence-corrected chi connectivity index (χ2v) is 5.28. The topological polar surface area (TPSA) is 64.3 Å². The van der Waals surface area contributed by atoms with Gasteiger partial charge in [0.25, 0.3) is 0 Å². The number of ether oxygens (including phenoxy) is 1. The van der Waals surface area contributed by atoms with E-state index in [1.807, 2.05) is 18.2 Å². The molecule has 19 heavy (non-hydrogen) atoms. The molecule has 1 aliphatic carbocycles. The van der Waals surface area contributed by atoms with E-state index >= 15 is 0 Å². The monoisotopic (exact) mass is 262 g/mol. The first-order valence-electron chi connectivity index (χ1n) is 6.76. The van der Waals surface area contributed by atoms with E-state index in [4.69, 9.17) is 10.5 Å². The summed E-state index contributed by atoms with van der Waals surface area (Å²) in [4.78, 5) is 11.8. The van der Waals surface area contributed by atoms with Gasteiger partial charge in [0.2, 0.25) is 5.91 Å². The van der Waals surface area contributed by atoms with Crippen LogP contribution in [0.25, 0.3) is 0 Å². The van der Waals surface area contributed by atoms with Crippen LogP contribution in [-0.4, -0.2) is 32.2 Å². The van der Waals surface area contributed by atoms with Gasteiger partial charge in [0.15, 0.2) is 0 Å². The molecule has 1 saturated carbocycles. The molecule has 4 heteroatoms. The summed E-state index contributed by atoms with van der Waals surface area (Å²) in [6, 6.07) is 9.81. The van der Waals surface area contributed by atoms with Gasteiger partial charge in [-0.15, -0.1) is 0 Å². The molecule has 0 bridgehead atoms. The maximum absolute atomic E-state index is 11.8. The van der Waals surface area contributed by atoms with Gasteiger partial charge in [-0.2, -0.15) is 0 Å². The van der Waals surface area contributed by atoms with E-state index in [2.05, 4.69) is 17.4 Å². The summed E-state index contributed by atoms with van der Waals surface area (Å²) in [5.41, 5.74) is 7.13. The summed E-state index contributed by atoms with van der Waals surface area (Å²) < 4.78 is 4.90. The number of benzene rings is 1. The summed E-state index contributed by atoms with van der Waals surface area (Å²) >= 11 is 0. The average molecular weight is 262 g/mol. The van der Waals surface area contributed by atoms with Crippen molar-refractivity contribution >= 4 is 5.91 Å². The minimum absolute atomic E-state index is 0.101. The molecule has 0 aromatic heterocycles. The fourth-order valence-electron chi connectivity index (χ4n) is 2.61. The Labute approximate surface area is 114 Å². The fourth-order valence-corrected chi connectivity index (χ4v) is 2.61. The van der Waals surface area contributed by atoms with Gasteiger partial charge in [-0.25, -0.2) is 0 Å². The lowest BCUT2D eigenvalue weighted by molar-refractivity contribution is -0.123. The van der Waals surface area contributed by atoms with Crippen LogP contribution in [-0.2, 0) is 14.9 Å². The highest BCUT2D eigenvalue weighted by atomic mass is 16.5. The summed E-state index contributed by atoms with van der Waals surface area (Å²) in [7, 11) is 1.55. The Morgan fingerprint density at radius 1 is 1.42 bits per heavy atom. The van der Waals surface area contributed by atoms with E-state index in [0.29, 0.717) is 6.54 Å². The highest BCUT2D eigenvalue weighted by Gasteiger charge is 2.38. The smallest absolute Gasteiger partial charge is 0.239 e. The van der Waals surface area contributed by atoms with E-state index in [1.165, 1.54) is 12.0 Å². The third-order valence-corrected chi connectivity index (χ3v) is 3.98. The highest BCUT2D eigenvalue weighted by molar-refractivity contribution is 5.81. The standard InChI is InChI=1S/C15H22N2O2/c1-19-10-13(16)14(18)17-11-15(8-5-9-15)12-6-3-2-4-7-12/h2-4,6-7,13H,5,8-11,16H2,1H3,(H,17,18). The van der Waals surface area contributed by atoms with Crippen molar-refractivity contribution in [2.75, 3.05) is 20.3 Å². The molecule has 0 aliphatic heterocycles. The Balaban J connectivity index is 1.95. The molecule has 1 fully saturated rings. The lowest BCUT2D eigenvalue weighted by atomic mass is 9.64. The normalized spacial score (nSPS) is 18.4. The lowest BCUT2D eigenvalue weighted by Crippen LogP contribution is -2.50. The Morgan fingerprint density at radius 3 is 2.63 bits per heavy atom. The summed E-state index contributed by atoms with van der Waals surface area (Å²) in [6.45, 7) is 0.914. The molecule has 1 atom stereocenters. The van der Waals surface area contributed by atoms with Crippen LogP contribution < -0.4 is 11.1 Å². The van der Waals surface area contributed by atoms with Gasteiger partial charge in [0.1, 0.15) is 6.04 Å². The molecule has 2 rings (SSSR count). The van der Waals surface area contributed by atoms with Crippen LogP contribution in [0, 0.1) is 0 Å². The number of nitrogens with one attached hydrogen (secondary N) is 1. The first-order chi connectivity index (χ1) is 9.18. The van der Waals surface area contributed by atoms with Crippen molar-refractivity contribution < 1.29 is 9.53 Å². The van der Waals surface area contributed by atoms with Crippen molar-refractivity contribution in [3.05, 3.63) is 35.9 Å². The van der Waals surface area contributed by atoms with Gasteiger partial charge in [-0.1, -0.05) is 36.8 Å². The Kier molecular flexibility index (Phi) is 4.56. The van der Waals surface area contributed by atoms with E-state index in [1.54, 1.807) is 7.11 Å². The zero-order chi connectivity index (χ0) is 13.7. The Hall–Kier alpha value is -1.39. The first kappa shape index (κ1) is 14.0. The molecular formula is C15H22N2O2. The minimum Gasteiger partial charge on any atom is -0.383 e. The SMILES string of the molecule is COCC(N)C(=O)NCC1(c2ccccc2)CCC1. The van der Waals surface area contributed by atoms with Crippen LogP contribution >= 0.6 is 0 Å². The number of methoxy groups -OCH3 is 1. The van der Waals surface area contributed by atoms with Gasteiger partial charge in [-0.3, -0.25) is 4.79 Å². The summed E-state index contributed by atoms with van der Waals surface area (Å²) in [5.74, 6) is -0.135. The Bertz CT molecular complexity index is 415. The molecule has 1 aromatic rings. The summed E-state index contributed by atoms with van der Waals surface area (Å²) in [6.07, 6.45) is 3.46. The van der Waals surface area contributed by atoms with Gasteiger partial charge >= 0.3 is 0 Å². The van der Waals surface area contributed by atoms with E-state index in [0.717, 1.165) is 12.8 Å². The molecule has 1 amide bonds. The molecule has 4 nitrogen and oxygen atoms in total. The van der Waals surface area contributed by atoms with Gasteiger partial charge in [0, 0.05) is 19.1 Å². The van der Waals surface area contributed by atoms with Crippen LogP contribution in [0.3, 0.4) is 0 Å². The van der Waals surface area contributed by atoms with Crippen molar-refractivity contribution in [1.82, 2.24) is 5.32 Å². The molecule has 0 heterocycles. The average Bonchev–Trinajstić information content (AvgIpc) is 2.39. The second kappa shape index (κ2) is 6.17. The molecule has 1 aliphatic rings. The molecule has 104 valence electrons. The molecule has 3 N–H and O–H groups in total. The zero-order valence-corrected chi connectivity index (χ0v) is 11.4. The maximum Gasteiger partial charge on any atom is 0.239 e. The predicted octanol–water partition coefficient (Wildman–Crippen LogP) is 1.20. The van der Waals surface area contributed by atoms with Crippen molar-refractivity contribution in [2.45, 2.75) is 30.7 Å². The number of nitrogens with two attached hydrogens (primary N) is 1. The zero-order valence-electron chi connectivity index (χ0n) is 11.4. The molecule has 0 radical (unpaired) electrons. The minimum atomic E-state index is -0.585. The number of amides is 1. The van der Waals surface area contributed by atoms with Crippen LogP contribution in [0.2, 0.25) is 0 Å². The Morgan fingerprint density at radius 2 is 2.11 bits per heavy atom. The summed E-state index contributed by atoms with van der Waals surface area (Å²) in [5, 5.41) is 2.96. The molecular weight excluding hydrogens is 240 g/mol. The number of hydrogen-bond acceptors (Lipinski definition) is 3. The predicted molar refractivity (Wildman–Crippen MR) is 74.8 cm³/mol. The van der Waals surface area contributed by atoms with E-state index < -0.39 is 6.04 Å². The van der Waals surface area contributed by atoms with Crippen molar-refractivity contribution in [3.8, 4) is 0 Å². The van der Waals surface area contributed by atoms with Crippen molar-refractivity contribution in [3.63, 3.8) is 0 Å². The van der Waals surface area contributed by atoms with E-state index in [9.17, 15) is 4.79 Å². The number of carbonyl (C=O) groups is 1. The van der Waals surface area contributed by atoms with E-state index in [-0.39, 0.29) is 17.9 Å². The van der Waals surface area contributed by atoms with Crippen molar-refractivity contribution in [1.29, 1.82) is 0 Å². The van der Waals surface area contributed by atoms with Crippen LogP contribution in [0.15, 0.2) is 30.3 Å². The maximum atomic E-state index is 11.8. The molecule has 1 aromatic carbocycles. The van der Waals surface area contributed by atoms with Crippen LogP contribution in [0.4, 0.5) is 0 Å². The van der Waals surface area contributed by atoms with Crippen molar-refractivity contribution in [2.24, 2.45) is 5.73 Å². The third-order valence-electron chi connectivity index (χ3n) is 3.98. The third kappa shape index (κ3) is 3.14. The second-order valence-electron chi connectivity index (χ2n) is 5.28. The number of rotatable bonds is 6.